The first-order valence-electron chi connectivity index (χ1n) is 10.8. The molecule has 0 aromatic heterocycles. The van der Waals surface area contributed by atoms with Crippen LogP contribution in [0.1, 0.15) is 35.1 Å². The number of nitrogens with one attached hydrogen (secondary N) is 1. The number of cyclic esters (lactones) is 1. The molecule has 2 aliphatic rings. The van der Waals surface area contributed by atoms with E-state index in [0.717, 1.165) is 11.1 Å². The summed E-state index contributed by atoms with van der Waals surface area (Å²) in [6, 6.07) is 22.8. The summed E-state index contributed by atoms with van der Waals surface area (Å²) in [7, 11) is 0. The Bertz CT molecular complexity index is 1200. The van der Waals surface area contributed by atoms with Crippen LogP contribution in [0.3, 0.4) is 0 Å². The maximum atomic E-state index is 13.5. The van der Waals surface area contributed by atoms with Gasteiger partial charge in [-0.1, -0.05) is 60.7 Å². The third kappa shape index (κ3) is 3.97. The van der Waals surface area contributed by atoms with Crippen LogP contribution in [0, 0.1) is 10.1 Å². The normalized spacial score (nSPS) is 24.4. The summed E-state index contributed by atoms with van der Waals surface area (Å²) in [6.07, 6.45) is -2.25. The van der Waals surface area contributed by atoms with Crippen LogP contribution in [0.15, 0.2) is 84.9 Å². The fraction of sp³-hybridized carbons (Fsp3) is 0.200. The molecule has 2 heterocycles. The van der Waals surface area contributed by atoms with E-state index in [1.165, 1.54) is 17.0 Å². The fourth-order valence-electron chi connectivity index (χ4n) is 4.39. The van der Waals surface area contributed by atoms with Crippen LogP contribution in [0.5, 0.6) is 0 Å². The first kappa shape index (κ1) is 21.6. The third-order valence-electron chi connectivity index (χ3n) is 6.04. The van der Waals surface area contributed by atoms with Gasteiger partial charge in [0.05, 0.1) is 11.0 Å². The number of benzene rings is 3. The number of carbonyl (C=O) groups is 2. The Morgan fingerprint density at radius 1 is 0.853 bits per heavy atom. The van der Waals surface area contributed by atoms with E-state index in [0.29, 0.717) is 5.56 Å². The van der Waals surface area contributed by atoms with Crippen LogP contribution in [-0.4, -0.2) is 34.5 Å². The maximum Gasteiger partial charge on any atom is 0.411 e. The maximum absolute atomic E-state index is 13.5. The molecule has 1 N–H and O–H groups in total. The quantitative estimate of drug-likeness (QED) is 0.455. The monoisotopic (exact) mass is 459 g/mol. The molecule has 0 saturated carbocycles. The summed E-state index contributed by atoms with van der Waals surface area (Å²) in [5, 5.41) is 14.0. The summed E-state index contributed by atoms with van der Waals surface area (Å²) in [5.74, 6) is -0.400. The molecular weight excluding hydrogens is 438 g/mol. The van der Waals surface area contributed by atoms with Gasteiger partial charge in [-0.2, -0.15) is 0 Å². The van der Waals surface area contributed by atoms with E-state index in [-0.39, 0.29) is 12.3 Å². The molecule has 2 amide bonds. The average molecular weight is 459 g/mol. The molecule has 4 atom stereocenters. The predicted molar refractivity (Wildman–Crippen MR) is 120 cm³/mol. The fourth-order valence-corrected chi connectivity index (χ4v) is 4.39. The summed E-state index contributed by atoms with van der Waals surface area (Å²) >= 11 is 0. The van der Waals surface area contributed by atoms with Crippen molar-refractivity contribution >= 4 is 17.7 Å². The third-order valence-corrected chi connectivity index (χ3v) is 6.04. The molecule has 9 nitrogen and oxygen atoms in total. The Morgan fingerprint density at radius 2 is 1.47 bits per heavy atom. The van der Waals surface area contributed by atoms with E-state index < -0.39 is 41.3 Å². The number of nitro groups is 1. The summed E-state index contributed by atoms with van der Waals surface area (Å²) < 4.78 is 11.7. The molecule has 172 valence electrons. The van der Waals surface area contributed by atoms with Gasteiger partial charge in [-0.15, -0.1) is 0 Å². The second-order valence-electron chi connectivity index (χ2n) is 8.06. The summed E-state index contributed by atoms with van der Waals surface area (Å²) in [6.45, 7) is 0.0989. The lowest BCUT2D eigenvalue weighted by Gasteiger charge is -2.41. The summed E-state index contributed by atoms with van der Waals surface area (Å²) in [5.41, 5.74) is 2.03. The van der Waals surface area contributed by atoms with Gasteiger partial charge < -0.3 is 14.8 Å². The van der Waals surface area contributed by atoms with Crippen molar-refractivity contribution in [2.75, 3.05) is 6.61 Å². The Balaban J connectivity index is 1.55. The molecule has 0 aliphatic carbocycles. The molecule has 34 heavy (non-hydrogen) atoms. The predicted octanol–water partition coefficient (Wildman–Crippen LogP) is 4.04. The standard InChI is InChI=1S/C25H21N3O6/c29-23-21(27-20(15-33-25(27)30)16-7-3-1-4-8-16)22(17-11-13-19(14-12-17)28(31)32)34-24(26-23)18-9-5-2-6-10-18/h1-14,20-22,24H,15H2,(H,26,29)/t20-,21?,22?,24?/m1/s1. The molecule has 0 spiro atoms. The number of hydrogen-bond acceptors (Lipinski definition) is 6. The molecule has 9 heteroatoms. The van der Waals surface area contributed by atoms with Crippen LogP contribution in [0.4, 0.5) is 10.5 Å². The van der Waals surface area contributed by atoms with Crippen LogP contribution in [-0.2, 0) is 14.3 Å². The van der Waals surface area contributed by atoms with Crippen molar-refractivity contribution in [3.63, 3.8) is 0 Å². The van der Waals surface area contributed by atoms with Gasteiger partial charge in [0.25, 0.3) is 5.69 Å². The van der Waals surface area contributed by atoms with Gasteiger partial charge in [0, 0.05) is 17.7 Å². The lowest BCUT2D eigenvalue weighted by atomic mass is 9.95. The number of nitrogens with zero attached hydrogens (tertiary/aromatic N) is 2. The molecule has 0 bridgehead atoms. The first-order chi connectivity index (χ1) is 16.5. The van der Waals surface area contributed by atoms with Crippen molar-refractivity contribution < 1.29 is 24.0 Å². The van der Waals surface area contributed by atoms with Crippen molar-refractivity contribution in [1.82, 2.24) is 10.2 Å². The van der Waals surface area contributed by atoms with Crippen LogP contribution < -0.4 is 5.32 Å². The van der Waals surface area contributed by atoms with Crippen LogP contribution in [0.25, 0.3) is 0 Å². The molecule has 2 aliphatic heterocycles. The first-order valence-corrected chi connectivity index (χ1v) is 10.8. The number of carbonyl (C=O) groups excluding carboxylic acids is 2. The molecule has 0 radical (unpaired) electrons. The number of rotatable bonds is 5. The van der Waals surface area contributed by atoms with E-state index in [1.807, 2.05) is 60.7 Å². The molecule has 3 unspecified atom stereocenters. The molecule has 3 aromatic carbocycles. The van der Waals surface area contributed by atoms with Gasteiger partial charge in [0.15, 0.2) is 6.23 Å². The molecule has 2 fully saturated rings. The van der Waals surface area contributed by atoms with Crippen molar-refractivity contribution in [2.45, 2.75) is 24.4 Å². The van der Waals surface area contributed by atoms with Gasteiger partial charge in [-0.25, -0.2) is 4.79 Å². The van der Waals surface area contributed by atoms with E-state index in [2.05, 4.69) is 5.32 Å². The van der Waals surface area contributed by atoms with Crippen molar-refractivity contribution in [2.24, 2.45) is 0 Å². The average Bonchev–Trinajstić information content (AvgIpc) is 3.25. The zero-order valence-electron chi connectivity index (χ0n) is 17.9. The Labute approximate surface area is 195 Å². The van der Waals surface area contributed by atoms with E-state index in [1.54, 1.807) is 12.1 Å². The van der Waals surface area contributed by atoms with Crippen molar-refractivity contribution in [3.8, 4) is 0 Å². The number of non-ortho nitro benzene ring substituents is 1. The highest BCUT2D eigenvalue weighted by atomic mass is 16.6. The Morgan fingerprint density at radius 3 is 2.09 bits per heavy atom. The number of hydrogen-bond donors (Lipinski definition) is 1. The second-order valence-corrected chi connectivity index (χ2v) is 8.06. The SMILES string of the molecule is O=C1NC(c2ccccc2)OC(c2ccc([N+](=O)[O-])cc2)C1N1C(=O)OC[C@@H]1c1ccccc1. The van der Waals surface area contributed by atoms with Crippen molar-refractivity contribution in [3.05, 3.63) is 112 Å². The zero-order chi connectivity index (χ0) is 23.7. The molecule has 2 saturated heterocycles. The lowest BCUT2D eigenvalue weighted by molar-refractivity contribution is -0.384. The molecule has 3 aromatic rings. The minimum atomic E-state index is -1.04. The van der Waals surface area contributed by atoms with Gasteiger partial charge in [-0.05, 0) is 23.3 Å². The Kier molecular flexibility index (Phi) is 5.69. The molecule has 5 rings (SSSR count). The van der Waals surface area contributed by atoms with E-state index in [4.69, 9.17) is 9.47 Å². The zero-order valence-corrected chi connectivity index (χ0v) is 17.9. The smallest absolute Gasteiger partial charge is 0.411 e. The van der Waals surface area contributed by atoms with Crippen LogP contribution >= 0.6 is 0 Å². The number of ether oxygens (including phenoxy) is 2. The van der Waals surface area contributed by atoms with E-state index >= 15 is 0 Å². The highest BCUT2D eigenvalue weighted by Gasteiger charge is 2.50. The van der Waals surface area contributed by atoms with Gasteiger partial charge in [-0.3, -0.25) is 19.8 Å². The van der Waals surface area contributed by atoms with Gasteiger partial charge in [0.2, 0.25) is 5.91 Å². The summed E-state index contributed by atoms with van der Waals surface area (Å²) in [4.78, 5) is 38.4. The van der Waals surface area contributed by atoms with Crippen LogP contribution in [0.2, 0.25) is 0 Å². The minimum Gasteiger partial charge on any atom is -0.447 e. The van der Waals surface area contributed by atoms with Gasteiger partial charge in [0.1, 0.15) is 18.8 Å². The highest BCUT2D eigenvalue weighted by Crippen LogP contribution is 2.40. The minimum absolute atomic E-state index is 0.0806. The van der Waals surface area contributed by atoms with Gasteiger partial charge >= 0.3 is 6.09 Å². The Hall–Kier alpha value is -4.24. The number of amides is 2. The van der Waals surface area contributed by atoms with E-state index in [9.17, 15) is 19.7 Å². The topological polar surface area (TPSA) is 111 Å². The van der Waals surface area contributed by atoms with Crippen molar-refractivity contribution in [1.29, 1.82) is 0 Å². The lowest BCUT2D eigenvalue weighted by Crippen LogP contribution is -2.57. The second kappa shape index (κ2) is 8.95. The largest absolute Gasteiger partial charge is 0.447 e. The highest BCUT2D eigenvalue weighted by molar-refractivity contribution is 5.88. The molecular formula is C25H21N3O6. The number of nitro benzene ring substituents is 1.